The lowest BCUT2D eigenvalue weighted by Crippen LogP contribution is -2.34. The summed E-state index contributed by atoms with van der Waals surface area (Å²) < 4.78 is 16.1. The van der Waals surface area contributed by atoms with Gasteiger partial charge in [-0.3, -0.25) is 10.1 Å². The summed E-state index contributed by atoms with van der Waals surface area (Å²) in [7, 11) is 3.08. The molecule has 3 rings (SSSR count). The SMILES string of the molecule is COc1cccc(C(=O)NC(=S)Nc2ccc(-c3ccc(CO)o3)c(OC)c2)c1. The highest BCUT2D eigenvalue weighted by Gasteiger charge is 2.13. The molecule has 29 heavy (non-hydrogen) atoms. The van der Waals surface area contributed by atoms with Crippen LogP contribution in [0.3, 0.4) is 0 Å². The minimum Gasteiger partial charge on any atom is -0.497 e. The van der Waals surface area contributed by atoms with E-state index in [-0.39, 0.29) is 17.6 Å². The van der Waals surface area contributed by atoms with Gasteiger partial charge in [-0.1, -0.05) is 6.07 Å². The first-order valence-electron chi connectivity index (χ1n) is 8.68. The first-order valence-corrected chi connectivity index (χ1v) is 9.09. The van der Waals surface area contributed by atoms with E-state index in [4.69, 9.17) is 31.2 Å². The van der Waals surface area contributed by atoms with Gasteiger partial charge in [0.15, 0.2) is 5.11 Å². The second-order valence-corrected chi connectivity index (χ2v) is 6.39. The molecule has 0 spiro atoms. The Morgan fingerprint density at radius 2 is 1.93 bits per heavy atom. The fraction of sp³-hybridized carbons (Fsp3) is 0.143. The molecule has 7 nitrogen and oxygen atoms in total. The topological polar surface area (TPSA) is 93.0 Å². The first-order chi connectivity index (χ1) is 14.0. The quantitative estimate of drug-likeness (QED) is 0.533. The number of aliphatic hydroxyl groups excluding tert-OH is 1. The largest absolute Gasteiger partial charge is 0.497 e. The predicted molar refractivity (Wildman–Crippen MR) is 113 cm³/mol. The average Bonchev–Trinajstić information content (AvgIpc) is 3.22. The van der Waals surface area contributed by atoms with E-state index >= 15 is 0 Å². The monoisotopic (exact) mass is 412 g/mol. The third-order valence-corrected chi connectivity index (χ3v) is 4.31. The number of rotatable bonds is 6. The molecule has 1 heterocycles. The lowest BCUT2D eigenvalue weighted by atomic mass is 10.1. The van der Waals surface area contributed by atoms with Crippen molar-refractivity contribution in [3.05, 3.63) is 65.9 Å². The molecule has 0 aliphatic heterocycles. The summed E-state index contributed by atoms with van der Waals surface area (Å²) in [4.78, 5) is 12.4. The number of hydrogen-bond acceptors (Lipinski definition) is 6. The summed E-state index contributed by atoms with van der Waals surface area (Å²) in [6.45, 7) is -0.177. The number of benzene rings is 2. The lowest BCUT2D eigenvalue weighted by molar-refractivity contribution is 0.0977. The highest BCUT2D eigenvalue weighted by Crippen LogP contribution is 2.33. The van der Waals surface area contributed by atoms with Crippen molar-refractivity contribution < 1.29 is 23.8 Å². The molecule has 8 heteroatoms. The number of methoxy groups -OCH3 is 2. The van der Waals surface area contributed by atoms with Crippen LogP contribution in [0.2, 0.25) is 0 Å². The van der Waals surface area contributed by atoms with Gasteiger partial charge in [0.1, 0.15) is 29.6 Å². The Hall–Kier alpha value is -3.36. The van der Waals surface area contributed by atoms with Gasteiger partial charge >= 0.3 is 0 Å². The van der Waals surface area contributed by atoms with Crippen molar-refractivity contribution >= 4 is 28.9 Å². The number of anilines is 1. The molecule has 2 aromatic carbocycles. The molecule has 0 unspecified atom stereocenters. The van der Waals surface area contributed by atoms with Gasteiger partial charge in [0.05, 0.1) is 19.8 Å². The van der Waals surface area contributed by atoms with E-state index < -0.39 is 0 Å². The van der Waals surface area contributed by atoms with Crippen molar-refractivity contribution in [1.29, 1.82) is 0 Å². The van der Waals surface area contributed by atoms with Crippen LogP contribution in [-0.4, -0.2) is 30.3 Å². The van der Waals surface area contributed by atoms with Crippen LogP contribution in [0.4, 0.5) is 5.69 Å². The Kier molecular flexibility index (Phi) is 6.48. The Labute approximate surface area is 173 Å². The van der Waals surface area contributed by atoms with E-state index in [0.717, 1.165) is 5.56 Å². The molecule has 1 aromatic heterocycles. The zero-order valence-electron chi connectivity index (χ0n) is 15.9. The second-order valence-electron chi connectivity index (χ2n) is 5.98. The van der Waals surface area contributed by atoms with E-state index in [9.17, 15) is 4.79 Å². The molecule has 150 valence electrons. The van der Waals surface area contributed by atoms with Gasteiger partial charge in [0.25, 0.3) is 5.91 Å². The Morgan fingerprint density at radius 3 is 2.62 bits per heavy atom. The number of hydrogen-bond donors (Lipinski definition) is 3. The number of nitrogens with one attached hydrogen (secondary N) is 2. The number of aliphatic hydroxyl groups is 1. The summed E-state index contributed by atoms with van der Waals surface area (Å²) in [5.74, 6) is 1.82. The van der Waals surface area contributed by atoms with Gasteiger partial charge in [0, 0.05) is 17.3 Å². The van der Waals surface area contributed by atoms with Crippen LogP contribution in [0.5, 0.6) is 11.5 Å². The molecular weight excluding hydrogens is 392 g/mol. The minimum atomic E-state index is -0.350. The minimum absolute atomic E-state index is 0.146. The van der Waals surface area contributed by atoms with E-state index in [1.807, 2.05) is 0 Å². The van der Waals surface area contributed by atoms with Crippen molar-refractivity contribution in [2.45, 2.75) is 6.61 Å². The molecule has 0 saturated heterocycles. The molecule has 0 radical (unpaired) electrons. The van der Waals surface area contributed by atoms with Crippen LogP contribution in [0.25, 0.3) is 11.3 Å². The van der Waals surface area contributed by atoms with Gasteiger partial charge in [-0.25, -0.2) is 0 Å². The Balaban J connectivity index is 1.70. The molecule has 0 aliphatic rings. The van der Waals surface area contributed by atoms with Gasteiger partial charge in [0.2, 0.25) is 0 Å². The van der Waals surface area contributed by atoms with Gasteiger partial charge in [-0.2, -0.15) is 0 Å². The number of carbonyl (C=O) groups is 1. The van der Waals surface area contributed by atoms with Gasteiger partial charge in [-0.05, 0) is 54.7 Å². The third kappa shape index (κ3) is 4.92. The van der Waals surface area contributed by atoms with Crippen LogP contribution in [0.15, 0.2) is 59.0 Å². The van der Waals surface area contributed by atoms with Crippen molar-refractivity contribution in [1.82, 2.24) is 5.32 Å². The molecule has 0 fully saturated rings. The normalized spacial score (nSPS) is 10.3. The Bertz CT molecular complexity index is 1030. The summed E-state index contributed by atoms with van der Waals surface area (Å²) in [5, 5.41) is 14.9. The van der Waals surface area contributed by atoms with Crippen molar-refractivity contribution in [2.24, 2.45) is 0 Å². The fourth-order valence-electron chi connectivity index (χ4n) is 2.68. The van der Waals surface area contributed by atoms with Crippen LogP contribution < -0.4 is 20.1 Å². The van der Waals surface area contributed by atoms with E-state index in [0.29, 0.717) is 34.3 Å². The number of thiocarbonyl (C=S) groups is 1. The maximum Gasteiger partial charge on any atom is 0.257 e. The zero-order chi connectivity index (χ0) is 20.8. The highest BCUT2D eigenvalue weighted by molar-refractivity contribution is 7.80. The summed E-state index contributed by atoms with van der Waals surface area (Å²) >= 11 is 5.24. The van der Waals surface area contributed by atoms with E-state index in [2.05, 4.69) is 10.6 Å². The number of amides is 1. The predicted octanol–water partition coefficient (Wildman–Crippen LogP) is 3.58. The average molecular weight is 412 g/mol. The van der Waals surface area contributed by atoms with E-state index in [1.165, 1.54) is 7.11 Å². The van der Waals surface area contributed by atoms with Crippen LogP contribution in [-0.2, 0) is 6.61 Å². The number of furan rings is 1. The summed E-state index contributed by atoms with van der Waals surface area (Å²) in [5.41, 5.74) is 1.79. The standard InChI is InChI=1S/C21H20N2O5S/c1-26-15-5-3-4-13(10-15)20(25)23-21(29)22-14-6-8-17(19(11-14)27-2)18-9-7-16(12-24)28-18/h3-11,24H,12H2,1-2H3,(H2,22,23,25,29). The second kappa shape index (κ2) is 9.22. The fourth-order valence-corrected chi connectivity index (χ4v) is 2.89. The lowest BCUT2D eigenvalue weighted by Gasteiger charge is -2.13. The van der Waals surface area contributed by atoms with Crippen molar-refractivity contribution in [2.75, 3.05) is 19.5 Å². The molecule has 3 N–H and O–H groups in total. The molecule has 3 aromatic rings. The van der Waals surface area contributed by atoms with Crippen LogP contribution >= 0.6 is 12.2 Å². The molecular formula is C21H20N2O5S. The molecule has 1 amide bonds. The molecule has 0 bridgehead atoms. The molecule has 0 saturated carbocycles. The van der Waals surface area contributed by atoms with Crippen LogP contribution in [0.1, 0.15) is 16.1 Å². The summed E-state index contributed by atoms with van der Waals surface area (Å²) in [6.07, 6.45) is 0. The van der Waals surface area contributed by atoms with Crippen molar-refractivity contribution in [3.8, 4) is 22.8 Å². The Morgan fingerprint density at radius 1 is 1.10 bits per heavy atom. The highest BCUT2D eigenvalue weighted by atomic mass is 32.1. The molecule has 0 atom stereocenters. The van der Waals surface area contributed by atoms with Gasteiger partial charge < -0.3 is 24.3 Å². The maximum absolute atomic E-state index is 12.4. The first kappa shape index (κ1) is 20.4. The summed E-state index contributed by atoms with van der Waals surface area (Å²) in [6, 6.07) is 15.5. The van der Waals surface area contributed by atoms with Gasteiger partial charge in [-0.15, -0.1) is 0 Å². The van der Waals surface area contributed by atoms with Crippen LogP contribution in [0, 0.1) is 0 Å². The molecule has 0 aliphatic carbocycles. The van der Waals surface area contributed by atoms with E-state index in [1.54, 1.807) is 61.7 Å². The maximum atomic E-state index is 12.4. The smallest absolute Gasteiger partial charge is 0.257 e. The third-order valence-electron chi connectivity index (χ3n) is 4.10. The van der Waals surface area contributed by atoms with Crippen molar-refractivity contribution in [3.63, 3.8) is 0 Å². The number of carbonyl (C=O) groups excluding carboxylic acids is 1. The zero-order valence-corrected chi connectivity index (χ0v) is 16.7. The number of ether oxygens (including phenoxy) is 2.